The second kappa shape index (κ2) is 12.9. The van der Waals surface area contributed by atoms with Crippen LogP contribution in [0.25, 0.3) is 17.2 Å². The molecule has 2 aromatic rings. The van der Waals surface area contributed by atoms with Crippen LogP contribution in [0.5, 0.6) is 0 Å². The maximum Gasteiger partial charge on any atom is -0.00698 e. The smallest absolute Gasteiger partial charge is 0.00698 e. The molecule has 0 spiro atoms. The van der Waals surface area contributed by atoms with Gasteiger partial charge >= 0.3 is 0 Å². The molecular formula is C36H50. The lowest BCUT2D eigenvalue weighted by Crippen LogP contribution is -2.15. The van der Waals surface area contributed by atoms with Gasteiger partial charge in [0.05, 0.1) is 0 Å². The van der Waals surface area contributed by atoms with E-state index in [0.29, 0.717) is 0 Å². The fraction of sp³-hybridized carbons (Fsp3) is 0.556. The molecule has 0 saturated heterocycles. The molecule has 0 aliphatic heterocycles. The molecule has 0 aromatic heterocycles. The normalized spacial score (nSPS) is 22.3. The van der Waals surface area contributed by atoms with Crippen LogP contribution in [-0.4, -0.2) is 0 Å². The number of benzene rings is 2. The fourth-order valence-corrected chi connectivity index (χ4v) is 7.23. The quantitative estimate of drug-likeness (QED) is 0.264. The van der Waals surface area contributed by atoms with Crippen molar-refractivity contribution in [2.75, 3.05) is 0 Å². The van der Waals surface area contributed by atoms with Crippen molar-refractivity contribution < 1.29 is 0 Å². The molecule has 4 rings (SSSR count). The summed E-state index contributed by atoms with van der Waals surface area (Å²) in [4.78, 5) is 0. The topological polar surface area (TPSA) is 0 Å². The van der Waals surface area contributed by atoms with E-state index >= 15 is 0 Å². The van der Waals surface area contributed by atoms with E-state index in [1.165, 1.54) is 92.0 Å². The second-order valence-corrected chi connectivity index (χ2v) is 12.0. The summed E-state index contributed by atoms with van der Waals surface area (Å²) in [6, 6.07) is 14.6. The van der Waals surface area contributed by atoms with Crippen molar-refractivity contribution >= 4 is 6.08 Å². The van der Waals surface area contributed by atoms with Gasteiger partial charge in [-0.3, -0.25) is 0 Å². The van der Waals surface area contributed by atoms with Crippen molar-refractivity contribution in [3.63, 3.8) is 0 Å². The molecule has 2 fully saturated rings. The molecule has 36 heavy (non-hydrogen) atoms. The molecule has 194 valence electrons. The van der Waals surface area contributed by atoms with Gasteiger partial charge in [-0.2, -0.15) is 0 Å². The highest BCUT2D eigenvalue weighted by atomic mass is 14.4. The molecule has 2 bridgehead atoms. The van der Waals surface area contributed by atoms with Gasteiger partial charge in [0.25, 0.3) is 0 Å². The lowest BCUT2D eigenvalue weighted by molar-refractivity contribution is 0.319. The number of allylic oxidation sites excluding steroid dienone is 2. The average Bonchev–Trinajstić information content (AvgIpc) is 3.22. The van der Waals surface area contributed by atoms with Crippen LogP contribution in [0, 0.1) is 17.8 Å². The van der Waals surface area contributed by atoms with Crippen molar-refractivity contribution in [3.05, 3.63) is 76.9 Å². The minimum atomic E-state index is 0.747. The minimum absolute atomic E-state index is 0.747. The fourth-order valence-electron chi connectivity index (χ4n) is 7.23. The first kappa shape index (κ1) is 27.0. The van der Waals surface area contributed by atoms with Crippen LogP contribution in [0.1, 0.15) is 120 Å². The minimum Gasteiger partial charge on any atom is -0.0995 e. The summed E-state index contributed by atoms with van der Waals surface area (Å²) in [7, 11) is 0. The molecule has 0 N–H and O–H groups in total. The molecule has 0 heterocycles. The van der Waals surface area contributed by atoms with Gasteiger partial charge in [0.2, 0.25) is 0 Å². The SMILES string of the molecule is C=C(CCC)Cc1ccc(-c2cc(C3CC4CCC(C4)C3)cc(CC(CC)CCC)c2C=CC)cc1. The van der Waals surface area contributed by atoms with Crippen molar-refractivity contribution in [2.24, 2.45) is 17.8 Å². The van der Waals surface area contributed by atoms with Crippen LogP contribution in [-0.2, 0) is 12.8 Å². The van der Waals surface area contributed by atoms with Gasteiger partial charge < -0.3 is 0 Å². The van der Waals surface area contributed by atoms with E-state index in [1.54, 1.807) is 11.1 Å². The third kappa shape index (κ3) is 6.62. The summed E-state index contributed by atoms with van der Waals surface area (Å²) >= 11 is 0. The summed E-state index contributed by atoms with van der Waals surface area (Å²) in [5, 5.41) is 0. The number of hydrogen-bond donors (Lipinski definition) is 0. The van der Waals surface area contributed by atoms with E-state index in [4.69, 9.17) is 0 Å². The first-order valence-corrected chi connectivity index (χ1v) is 15.1. The van der Waals surface area contributed by atoms with E-state index < -0.39 is 0 Å². The highest BCUT2D eigenvalue weighted by molar-refractivity contribution is 5.78. The van der Waals surface area contributed by atoms with Gasteiger partial charge in [0, 0.05) is 0 Å². The Hall–Kier alpha value is -2.08. The standard InChI is InChI=1S/C36H50/c1-6-10-26(5)19-28-15-17-31(18-16-28)36-25-33(32-22-29-13-14-30(20-29)23-32)24-34(35(36)12-8-3)21-27(9-4)11-7-2/h8,12,15-18,24-25,27,29-30,32H,5-7,9-11,13-14,19-23H2,1-4H3. The number of fused-ring (bicyclic) bond motifs is 2. The molecule has 2 aliphatic carbocycles. The van der Waals surface area contributed by atoms with E-state index in [2.05, 4.69) is 82.8 Å². The van der Waals surface area contributed by atoms with Crippen molar-refractivity contribution in [1.82, 2.24) is 0 Å². The van der Waals surface area contributed by atoms with Crippen molar-refractivity contribution in [2.45, 2.75) is 111 Å². The van der Waals surface area contributed by atoms with Gasteiger partial charge in [-0.1, -0.05) is 120 Å². The Morgan fingerprint density at radius 2 is 1.69 bits per heavy atom. The monoisotopic (exact) mass is 482 g/mol. The number of hydrogen-bond acceptors (Lipinski definition) is 0. The Labute approximate surface area is 222 Å². The third-order valence-electron chi connectivity index (χ3n) is 9.08. The predicted molar refractivity (Wildman–Crippen MR) is 160 cm³/mol. The zero-order valence-electron chi connectivity index (χ0n) is 23.6. The van der Waals surface area contributed by atoms with Crippen molar-refractivity contribution in [1.29, 1.82) is 0 Å². The van der Waals surface area contributed by atoms with Gasteiger partial charge in [-0.05, 0) is 103 Å². The molecule has 0 heteroatoms. The molecule has 2 aromatic carbocycles. The zero-order chi connectivity index (χ0) is 25.5. The van der Waals surface area contributed by atoms with Crippen LogP contribution in [0.2, 0.25) is 0 Å². The van der Waals surface area contributed by atoms with E-state index in [9.17, 15) is 0 Å². The average molecular weight is 483 g/mol. The highest BCUT2D eigenvalue weighted by Gasteiger charge is 2.35. The Morgan fingerprint density at radius 1 is 0.972 bits per heavy atom. The summed E-state index contributed by atoms with van der Waals surface area (Å²) < 4.78 is 0. The Kier molecular flexibility index (Phi) is 9.69. The summed E-state index contributed by atoms with van der Waals surface area (Å²) in [6.07, 6.45) is 20.3. The maximum absolute atomic E-state index is 4.29. The Morgan fingerprint density at radius 3 is 2.31 bits per heavy atom. The van der Waals surface area contributed by atoms with Crippen LogP contribution in [0.15, 0.2) is 54.6 Å². The van der Waals surface area contributed by atoms with Crippen molar-refractivity contribution in [3.8, 4) is 11.1 Å². The maximum atomic E-state index is 4.29. The molecule has 0 nitrogen and oxygen atoms in total. The lowest BCUT2D eigenvalue weighted by Gasteiger charge is -2.30. The molecule has 0 amide bonds. The summed E-state index contributed by atoms with van der Waals surface area (Å²) in [5.74, 6) is 3.46. The number of rotatable bonds is 12. The Balaban J connectivity index is 1.74. The molecule has 3 unspecified atom stereocenters. The van der Waals surface area contributed by atoms with Crippen LogP contribution in [0.3, 0.4) is 0 Å². The zero-order valence-corrected chi connectivity index (χ0v) is 23.6. The molecule has 2 aliphatic rings. The van der Waals surface area contributed by atoms with E-state index in [-0.39, 0.29) is 0 Å². The second-order valence-electron chi connectivity index (χ2n) is 12.0. The Bertz CT molecular complexity index is 1010. The lowest BCUT2D eigenvalue weighted by atomic mass is 9.75. The first-order valence-electron chi connectivity index (χ1n) is 15.1. The van der Waals surface area contributed by atoms with Gasteiger partial charge in [0.1, 0.15) is 0 Å². The van der Waals surface area contributed by atoms with Gasteiger partial charge in [-0.25, -0.2) is 0 Å². The first-order chi connectivity index (χ1) is 17.5. The molecular weight excluding hydrogens is 432 g/mol. The van der Waals surface area contributed by atoms with Gasteiger partial charge in [-0.15, -0.1) is 0 Å². The summed E-state index contributed by atoms with van der Waals surface area (Å²) in [5.41, 5.74) is 10.2. The largest absolute Gasteiger partial charge is 0.0995 e. The predicted octanol–water partition coefficient (Wildman–Crippen LogP) is 10.9. The van der Waals surface area contributed by atoms with Crippen LogP contribution >= 0.6 is 0 Å². The highest BCUT2D eigenvalue weighted by Crippen LogP contribution is 2.49. The third-order valence-corrected chi connectivity index (χ3v) is 9.08. The molecule has 3 atom stereocenters. The molecule has 2 saturated carbocycles. The van der Waals surface area contributed by atoms with Gasteiger partial charge in [0.15, 0.2) is 0 Å². The van der Waals surface area contributed by atoms with Crippen LogP contribution in [0.4, 0.5) is 0 Å². The van der Waals surface area contributed by atoms with E-state index in [1.807, 2.05) is 0 Å². The molecule has 0 radical (unpaired) electrons. The van der Waals surface area contributed by atoms with E-state index in [0.717, 1.165) is 36.5 Å². The van der Waals surface area contributed by atoms with Crippen LogP contribution < -0.4 is 0 Å². The summed E-state index contributed by atoms with van der Waals surface area (Å²) in [6.45, 7) is 13.4.